The lowest BCUT2D eigenvalue weighted by Gasteiger charge is -2.19. The zero-order valence-electron chi connectivity index (χ0n) is 13.2. The van der Waals surface area contributed by atoms with Gasteiger partial charge in [0.05, 0.1) is 0 Å². The Morgan fingerprint density at radius 3 is 2.75 bits per heavy atom. The molecule has 0 aromatic heterocycles. The Kier molecular flexibility index (Phi) is 4.98. The van der Waals surface area contributed by atoms with Gasteiger partial charge in [0.1, 0.15) is 0 Å². The lowest BCUT2D eigenvalue weighted by Crippen LogP contribution is -2.19. The van der Waals surface area contributed by atoms with Crippen LogP contribution < -0.4 is 0 Å². The smallest absolute Gasteiger partial charge is 0.0483 e. The van der Waals surface area contributed by atoms with Gasteiger partial charge in [-0.3, -0.25) is 4.99 Å². The number of rotatable bonds is 6. The minimum atomic E-state index is -0.997. The molecule has 0 radical (unpaired) electrons. The number of hydrogen-bond acceptors (Lipinski definition) is 1. The van der Waals surface area contributed by atoms with E-state index in [-0.39, 0.29) is 0 Å². The summed E-state index contributed by atoms with van der Waals surface area (Å²) < 4.78 is 0. The van der Waals surface area contributed by atoms with E-state index in [9.17, 15) is 0 Å². The summed E-state index contributed by atoms with van der Waals surface area (Å²) in [5, 5.41) is 0. The molecule has 1 aromatic carbocycles. The summed E-state index contributed by atoms with van der Waals surface area (Å²) in [5.41, 5.74) is 5.61. The Morgan fingerprint density at radius 1 is 1.25 bits per heavy atom. The van der Waals surface area contributed by atoms with Crippen LogP contribution in [0.4, 0.5) is 0 Å². The third-order valence-electron chi connectivity index (χ3n) is 3.74. The van der Waals surface area contributed by atoms with E-state index < -0.39 is 8.07 Å². The molecule has 0 atom stereocenters. The van der Waals surface area contributed by atoms with Crippen molar-refractivity contribution in [1.82, 2.24) is 0 Å². The van der Waals surface area contributed by atoms with Gasteiger partial charge in [-0.25, -0.2) is 0 Å². The van der Waals surface area contributed by atoms with Gasteiger partial charge in [-0.2, -0.15) is 0 Å². The van der Waals surface area contributed by atoms with Crippen LogP contribution in [0, 0.1) is 0 Å². The zero-order valence-corrected chi connectivity index (χ0v) is 14.2. The maximum absolute atomic E-state index is 4.74. The SMILES string of the molecule is C=C(CCCC1=NCCc2ccccc21)C[Si](C)(C)C. The molecular formula is C18H27NSi. The highest BCUT2D eigenvalue weighted by Gasteiger charge is 2.15. The fourth-order valence-electron chi connectivity index (χ4n) is 2.97. The van der Waals surface area contributed by atoms with Crippen molar-refractivity contribution in [3.8, 4) is 0 Å². The summed E-state index contributed by atoms with van der Waals surface area (Å²) in [7, 11) is -0.997. The summed E-state index contributed by atoms with van der Waals surface area (Å²) >= 11 is 0. The molecule has 0 aliphatic carbocycles. The van der Waals surface area contributed by atoms with Gasteiger partial charge in [-0.1, -0.05) is 49.5 Å². The Bertz CT molecular complexity index is 508. The van der Waals surface area contributed by atoms with Crippen molar-refractivity contribution in [2.24, 2.45) is 4.99 Å². The average molecular weight is 286 g/mol. The largest absolute Gasteiger partial charge is 0.289 e. The third kappa shape index (κ3) is 4.45. The molecule has 108 valence electrons. The van der Waals surface area contributed by atoms with Crippen LogP contribution >= 0.6 is 0 Å². The quantitative estimate of drug-likeness (QED) is 0.509. The second-order valence-corrected chi connectivity index (χ2v) is 12.6. The fraction of sp³-hybridized carbons (Fsp3) is 0.500. The molecular weight excluding hydrogens is 258 g/mol. The normalized spacial score (nSPS) is 14.7. The molecule has 1 aliphatic rings. The number of fused-ring (bicyclic) bond motifs is 1. The molecule has 1 nitrogen and oxygen atoms in total. The summed E-state index contributed by atoms with van der Waals surface area (Å²) in [5.74, 6) is 0. The number of nitrogens with zero attached hydrogens (tertiary/aromatic N) is 1. The Labute approximate surface area is 124 Å². The van der Waals surface area contributed by atoms with Gasteiger partial charge in [0.25, 0.3) is 0 Å². The van der Waals surface area contributed by atoms with Crippen LogP contribution in [0.25, 0.3) is 0 Å². The van der Waals surface area contributed by atoms with E-state index in [2.05, 4.69) is 50.5 Å². The van der Waals surface area contributed by atoms with Gasteiger partial charge >= 0.3 is 0 Å². The molecule has 0 bridgehead atoms. The maximum atomic E-state index is 4.74. The van der Waals surface area contributed by atoms with E-state index in [0.29, 0.717) is 0 Å². The van der Waals surface area contributed by atoms with Crippen molar-refractivity contribution in [2.45, 2.75) is 51.4 Å². The van der Waals surface area contributed by atoms with Gasteiger partial charge in [0, 0.05) is 20.3 Å². The van der Waals surface area contributed by atoms with E-state index in [1.54, 1.807) is 0 Å². The van der Waals surface area contributed by atoms with E-state index in [0.717, 1.165) is 25.8 Å². The minimum Gasteiger partial charge on any atom is -0.289 e. The molecule has 1 heterocycles. The molecule has 1 aromatic rings. The van der Waals surface area contributed by atoms with Crippen LogP contribution in [0.5, 0.6) is 0 Å². The predicted molar refractivity (Wildman–Crippen MR) is 92.7 cm³/mol. The third-order valence-corrected chi connectivity index (χ3v) is 5.30. The molecule has 0 saturated heterocycles. The molecule has 1 aliphatic heterocycles. The van der Waals surface area contributed by atoms with E-state index >= 15 is 0 Å². The predicted octanol–water partition coefficient (Wildman–Crippen LogP) is 5.10. The molecule has 0 fully saturated rings. The van der Waals surface area contributed by atoms with Crippen LogP contribution in [0.3, 0.4) is 0 Å². The second kappa shape index (κ2) is 6.53. The Morgan fingerprint density at radius 2 is 2.00 bits per heavy atom. The summed E-state index contributed by atoms with van der Waals surface area (Å²) in [4.78, 5) is 4.74. The summed E-state index contributed by atoms with van der Waals surface area (Å²) in [6.45, 7) is 12.5. The average Bonchev–Trinajstić information content (AvgIpc) is 2.37. The molecule has 0 N–H and O–H groups in total. The van der Waals surface area contributed by atoms with Crippen molar-refractivity contribution < 1.29 is 0 Å². The lowest BCUT2D eigenvalue weighted by molar-refractivity contribution is 0.836. The van der Waals surface area contributed by atoms with Crippen molar-refractivity contribution in [2.75, 3.05) is 6.54 Å². The summed E-state index contributed by atoms with van der Waals surface area (Å²) in [6, 6.07) is 10.00. The van der Waals surface area contributed by atoms with Crippen LogP contribution in [0.15, 0.2) is 41.4 Å². The number of allylic oxidation sites excluding steroid dienone is 1. The monoisotopic (exact) mass is 285 g/mol. The maximum Gasteiger partial charge on any atom is 0.0483 e. The minimum absolute atomic E-state index is 0.961. The standard InChI is InChI=1S/C18H27NSi/c1-15(14-20(2,3)4)8-7-11-18-17-10-6-5-9-16(17)12-13-19-18/h5-6,9-10H,1,7-8,11-14H2,2-4H3. The molecule has 2 rings (SSSR count). The highest BCUT2D eigenvalue weighted by molar-refractivity contribution is 6.76. The first-order valence-corrected chi connectivity index (χ1v) is 11.4. The molecule has 0 amide bonds. The Hall–Kier alpha value is -1.15. The lowest BCUT2D eigenvalue weighted by atomic mass is 9.94. The zero-order chi connectivity index (χ0) is 14.6. The van der Waals surface area contributed by atoms with E-state index in [1.807, 2.05) is 0 Å². The van der Waals surface area contributed by atoms with Gasteiger partial charge in [0.15, 0.2) is 0 Å². The van der Waals surface area contributed by atoms with Crippen molar-refractivity contribution in [1.29, 1.82) is 0 Å². The molecule has 20 heavy (non-hydrogen) atoms. The van der Waals surface area contributed by atoms with Gasteiger partial charge in [-0.05, 0) is 42.9 Å². The first kappa shape index (κ1) is 15.2. The van der Waals surface area contributed by atoms with E-state index in [4.69, 9.17) is 4.99 Å². The molecule has 2 heteroatoms. The number of aliphatic imine (C=N–C) groups is 1. The first-order chi connectivity index (χ1) is 9.46. The number of hydrogen-bond donors (Lipinski definition) is 0. The van der Waals surface area contributed by atoms with Crippen LogP contribution in [-0.4, -0.2) is 20.3 Å². The topological polar surface area (TPSA) is 12.4 Å². The fourth-order valence-corrected chi connectivity index (χ4v) is 4.65. The second-order valence-electron chi connectivity index (χ2n) is 7.08. The summed E-state index contributed by atoms with van der Waals surface area (Å²) in [6.07, 6.45) is 4.55. The van der Waals surface area contributed by atoms with Gasteiger partial charge in [0.2, 0.25) is 0 Å². The molecule has 0 unspecified atom stereocenters. The van der Waals surface area contributed by atoms with Crippen LogP contribution in [-0.2, 0) is 6.42 Å². The van der Waals surface area contributed by atoms with Crippen molar-refractivity contribution in [3.63, 3.8) is 0 Å². The van der Waals surface area contributed by atoms with Crippen LogP contribution in [0.1, 0.15) is 30.4 Å². The molecule has 0 saturated carbocycles. The van der Waals surface area contributed by atoms with Crippen LogP contribution in [0.2, 0.25) is 25.7 Å². The van der Waals surface area contributed by atoms with Gasteiger partial charge < -0.3 is 0 Å². The molecule has 0 spiro atoms. The highest BCUT2D eigenvalue weighted by atomic mass is 28.3. The van der Waals surface area contributed by atoms with Crippen molar-refractivity contribution in [3.05, 3.63) is 47.5 Å². The highest BCUT2D eigenvalue weighted by Crippen LogP contribution is 2.22. The first-order valence-electron chi connectivity index (χ1n) is 7.74. The Balaban J connectivity index is 1.86. The van der Waals surface area contributed by atoms with E-state index in [1.165, 1.54) is 34.9 Å². The van der Waals surface area contributed by atoms with Gasteiger partial charge in [-0.15, -0.1) is 6.58 Å². The van der Waals surface area contributed by atoms with Crippen molar-refractivity contribution >= 4 is 13.8 Å². The number of benzene rings is 1.